The Bertz CT molecular complexity index is 720. The Hall–Kier alpha value is -2.42. The Kier molecular flexibility index (Phi) is 2.45. The third-order valence-electron chi connectivity index (χ3n) is 3.02. The van der Waals surface area contributed by atoms with Crippen molar-refractivity contribution in [3.05, 3.63) is 54.2 Å². The van der Waals surface area contributed by atoms with Gasteiger partial charge >= 0.3 is 0 Å². The normalized spacial score (nSPS) is 10.7. The highest BCUT2D eigenvalue weighted by Gasteiger charge is 2.03. The van der Waals surface area contributed by atoms with Crippen LogP contribution >= 0.6 is 0 Å². The Balaban J connectivity index is 2.16. The average molecular weight is 235 g/mol. The molecule has 1 aromatic heterocycles. The van der Waals surface area contributed by atoms with E-state index in [1.807, 2.05) is 49.4 Å². The van der Waals surface area contributed by atoms with E-state index < -0.39 is 0 Å². The monoisotopic (exact) mass is 235 g/mol. The molecule has 3 rings (SSSR count). The zero-order valence-corrected chi connectivity index (χ0v) is 10.1. The third-order valence-corrected chi connectivity index (χ3v) is 3.02. The molecular formula is C15H13N3. The van der Waals surface area contributed by atoms with Crippen molar-refractivity contribution in [1.82, 2.24) is 9.97 Å². The number of anilines is 1. The van der Waals surface area contributed by atoms with Gasteiger partial charge in [-0.25, -0.2) is 4.98 Å². The predicted molar refractivity (Wildman–Crippen MR) is 74.1 cm³/mol. The lowest BCUT2D eigenvalue weighted by molar-refractivity contribution is 1.29. The summed E-state index contributed by atoms with van der Waals surface area (Å²) in [7, 11) is 0. The van der Waals surface area contributed by atoms with Crippen LogP contribution in [0.3, 0.4) is 0 Å². The number of nitrogens with zero attached hydrogens (tertiary/aromatic N) is 2. The van der Waals surface area contributed by atoms with Gasteiger partial charge in [-0.3, -0.25) is 4.98 Å². The summed E-state index contributed by atoms with van der Waals surface area (Å²) in [5.41, 5.74) is 11.4. The zero-order chi connectivity index (χ0) is 12.5. The standard InChI is InChI=1S/C15H13N3/c1-10-6-7-11(8-12(10)16)15-9-17-13-4-2-3-5-14(13)18-15/h2-9H,16H2,1H3. The molecule has 0 bridgehead atoms. The third kappa shape index (κ3) is 1.80. The van der Waals surface area contributed by atoms with E-state index in [4.69, 9.17) is 5.73 Å². The summed E-state index contributed by atoms with van der Waals surface area (Å²) in [6, 6.07) is 13.8. The van der Waals surface area contributed by atoms with E-state index in [0.29, 0.717) is 0 Å². The molecule has 0 fully saturated rings. The Morgan fingerprint density at radius 3 is 2.56 bits per heavy atom. The predicted octanol–water partition coefficient (Wildman–Crippen LogP) is 3.19. The largest absolute Gasteiger partial charge is 0.398 e. The molecule has 18 heavy (non-hydrogen) atoms. The first-order valence-electron chi connectivity index (χ1n) is 5.82. The number of nitrogen functional groups attached to an aromatic ring is 1. The van der Waals surface area contributed by atoms with Gasteiger partial charge in [0.05, 0.1) is 22.9 Å². The molecule has 0 saturated carbocycles. The number of para-hydroxylation sites is 2. The highest BCUT2D eigenvalue weighted by molar-refractivity contribution is 5.77. The molecule has 3 nitrogen and oxygen atoms in total. The molecule has 3 heteroatoms. The molecule has 0 amide bonds. The average Bonchev–Trinajstić information content (AvgIpc) is 2.41. The maximum absolute atomic E-state index is 5.92. The van der Waals surface area contributed by atoms with Gasteiger partial charge in [-0.05, 0) is 30.7 Å². The number of aryl methyl sites for hydroxylation is 1. The summed E-state index contributed by atoms with van der Waals surface area (Å²) in [6.45, 7) is 1.99. The number of nitrogens with two attached hydrogens (primary N) is 1. The van der Waals surface area contributed by atoms with E-state index in [-0.39, 0.29) is 0 Å². The van der Waals surface area contributed by atoms with Crippen molar-refractivity contribution in [2.24, 2.45) is 0 Å². The number of hydrogen-bond donors (Lipinski definition) is 1. The maximum atomic E-state index is 5.92. The minimum Gasteiger partial charge on any atom is -0.398 e. The fourth-order valence-electron chi connectivity index (χ4n) is 1.90. The molecular weight excluding hydrogens is 222 g/mol. The summed E-state index contributed by atoms with van der Waals surface area (Å²) >= 11 is 0. The molecule has 1 heterocycles. The van der Waals surface area contributed by atoms with E-state index in [0.717, 1.165) is 33.5 Å². The second-order valence-electron chi connectivity index (χ2n) is 4.32. The summed E-state index contributed by atoms with van der Waals surface area (Å²) < 4.78 is 0. The summed E-state index contributed by atoms with van der Waals surface area (Å²) in [5, 5.41) is 0. The van der Waals surface area contributed by atoms with E-state index in [9.17, 15) is 0 Å². The first-order valence-corrected chi connectivity index (χ1v) is 5.82. The lowest BCUT2D eigenvalue weighted by atomic mass is 10.1. The van der Waals surface area contributed by atoms with Crippen molar-refractivity contribution in [2.75, 3.05) is 5.73 Å². The molecule has 0 aliphatic carbocycles. The number of aromatic nitrogens is 2. The molecule has 0 unspecified atom stereocenters. The van der Waals surface area contributed by atoms with E-state index in [2.05, 4.69) is 9.97 Å². The van der Waals surface area contributed by atoms with E-state index >= 15 is 0 Å². The molecule has 0 saturated heterocycles. The lowest BCUT2D eigenvalue weighted by Crippen LogP contribution is -1.92. The zero-order valence-electron chi connectivity index (χ0n) is 10.1. The molecule has 3 aromatic rings. The van der Waals surface area contributed by atoms with Crippen molar-refractivity contribution in [1.29, 1.82) is 0 Å². The van der Waals surface area contributed by atoms with E-state index in [1.165, 1.54) is 0 Å². The Labute approximate surface area is 105 Å². The van der Waals surface area contributed by atoms with Gasteiger partial charge in [0.1, 0.15) is 0 Å². The van der Waals surface area contributed by atoms with Gasteiger partial charge in [-0.2, -0.15) is 0 Å². The van der Waals surface area contributed by atoms with Crippen LogP contribution < -0.4 is 5.73 Å². The first-order chi connectivity index (χ1) is 8.74. The lowest BCUT2D eigenvalue weighted by Gasteiger charge is -2.05. The first kappa shape index (κ1) is 10.7. The SMILES string of the molecule is Cc1ccc(-c2cnc3ccccc3n2)cc1N. The van der Waals surface area contributed by atoms with Crippen LogP contribution in [0.1, 0.15) is 5.56 Å². The molecule has 0 aliphatic heterocycles. The minimum absolute atomic E-state index is 0.780. The van der Waals surface area contributed by atoms with Gasteiger partial charge in [0.2, 0.25) is 0 Å². The van der Waals surface area contributed by atoms with Crippen LogP contribution in [0.25, 0.3) is 22.3 Å². The maximum Gasteiger partial charge on any atom is 0.0894 e. The minimum atomic E-state index is 0.780. The number of hydrogen-bond acceptors (Lipinski definition) is 3. The molecule has 0 aliphatic rings. The van der Waals surface area contributed by atoms with Crippen LogP contribution in [0, 0.1) is 6.92 Å². The Morgan fingerprint density at radius 1 is 1.00 bits per heavy atom. The number of benzene rings is 2. The van der Waals surface area contributed by atoms with Crippen molar-refractivity contribution in [2.45, 2.75) is 6.92 Å². The highest BCUT2D eigenvalue weighted by atomic mass is 14.8. The van der Waals surface area contributed by atoms with Crippen molar-refractivity contribution < 1.29 is 0 Å². The van der Waals surface area contributed by atoms with Crippen LogP contribution in [0.15, 0.2) is 48.7 Å². The molecule has 0 radical (unpaired) electrons. The summed E-state index contributed by atoms with van der Waals surface area (Å²) in [4.78, 5) is 9.00. The van der Waals surface area contributed by atoms with Gasteiger partial charge < -0.3 is 5.73 Å². The number of rotatable bonds is 1. The second-order valence-corrected chi connectivity index (χ2v) is 4.32. The molecule has 88 valence electrons. The topological polar surface area (TPSA) is 51.8 Å². The highest BCUT2D eigenvalue weighted by Crippen LogP contribution is 2.23. The van der Waals surface area contributed by atoms with Gasteiger partial charge in [0, 0.05) is 11.3 Å². The van der Waals surface area contributed by atoms with Crippen molar-refractivity contribution in [3.63, 3.8) is 0 Å². The van der Waals surface area contributed by atoms with Crippen LogP contribution in [0.4, 0.5) is 5.69 Å². The summed E-state index contributed by atoms with van der Waals surface area (Å²) in [6.07, 6.45) is 1.78. The summed E-state index contributed by atoms with van der Waals surface area (Å²) in [5.74, 6) is 0. The fraction of sp³-hybridized carbons (Fsp3) is 0.0667. The van der Waals surface area contributed by atoms with Crippen LogP contribution in [-0.2, 0) is 0 Å². The van der Waals surface area contributed by atoms with Crippen LogP contribution in [0.5, 0.6) is 0 Å². The van der Waals surface area contributed by atoms with Crippen LogP contribution in [-0.4, -0.2) is 9.97 Å². The van der Waals surface area contributed by atoms with E-state index in [1.54, 1.807) is 6.20 Å². The van der Waals surface area contributed by atoms with Gasteiger partial charge in [-0.1, -0.05) is 24.3 Å². The fourth-order valence-corrected chi connectivity index (χ4v) is 1.90. The Morgan fingerprint density at radius 2 is 1.78 bits per heavy atom. The van der Waals surface area contributed by atoms with Gasteiger partial charge in [-0.15, -0.1) is 0 Å². The smallest absolute Gasteiger partial charge is 0.0894 e. The van der Waals surface area contributed by atoms with Crippen molar-refractivity contribution in [3.8, 4) is 11.3 Å². The molecule has 2 aromatic carbocycles. The van der Waals surface area contributed by atoms with Crippen LogP contribution in [0.2, 0.25) is 0 Å². The number of fused-ring (bicyclic) bond motifs is 1. The quantitative estimate of drug-likeness (QED) is 0.659. The molecule has 0 atom stereocenters. The molecule has 0 spiro atoms. The van der Waals surface area contributed by atoms with Crippen molar-refractivity contribution >= 4 is 16.7 Å². The van der Waals surface area contributed by atoms with Gasteiger partial charge in [0.15, 0.2) is 0 Å². The van der Waals surface area contributed by atoms with Gasteiger partial charge in [0.25, 0.3) is 0 Å². The second kappa shape index (κ2) is 4.11. The molecule has 2 N–H and O–H groups in total.